The number of hydrogen-bond acceptors (Lipinski definition) is 6. The minimum Gasteiger partial charge on any atom is -0.392 e. The second-order valence-electron chi connectivity index (χ2n) is 6.28. The second kappa shape index (κ2) is 7.97. The molecule has 3 rings (SSSR count). The van der Waals surface area contributed by atoms with Crippen LogP contribution in [-0.2, 0) is 16.4 Å². The van der Waals surface area contributed by atoms with Gasteiger partial charge in [0.15, 0.2) is 0 Å². The van der Waals surface area contributed by atoms with E-state index in [0.717, 1.165) is 6.07 Å². The number of benzene rings is 1. The first-order chi connectivity index (χ1) is 13.1. The van der Waals surface area contributed by atoms with Gasteiger partial charge in [-0.3, -0.25) is 0 Å². The minimum absolute atomic E-state index is 0.0616. The van der Waals surface area contributed by atoms with Gasteiger partial charge in [0.25, 0.3) is 0 Å². The summed E-state index contributed by atoms with van der Waals surface area (Å²) in [5.74, 6) is -0.739. The summed E-state index contributed by atoms with van der Waals surface area (Å²) >= 11 is 6.52. The maximum Gasteiger partial charge on any atom is 0.238 e. The Balaban J connectivity index is 2.25. The van der Waals surface area contributed by atoms with Gasteiger partial charge in [0, 0.05) is 35.0 Å². The molecular weight excluding hydrogens is 429 g/mol. The van der Waals surface area contributed by atoms with Crippen molar-refractivity contribution in [3.05, 3.63) is 52.6 Å². The Morgan fingerprint density at radius 1 is 1.39 bits per heavy atom. The third kappa shape index (κ3) is 4.17. The predicted octanol–water partition coefficient (Wildman–Crippen LogP) is 2.86. The number of halogens is 2. The van der Waals surface area contributed by atoms with E-state index in [-0.39, 0.29) is 28.3 Å². The van der Waals surface area contributed by atoms with Crippen molar-refractivity contribution in [3.63, 3.8) is 0 Å². The number of fused-ring (bicyclic) bond motifs is 1. The Kier molecular flexibility index (Phi) is 5.99. The number of nitrogens with two attached hydrogens (primary N) is 1. The van der Waals surface area contributed by atoms with E-state index in [1.807, 2.05) is 0 Å². The first kappa shape index (κ1) is 21.0. The normalized spacial score (nSPS) is 13.2. The Morgan fingerprint density at radius 2 is 2.11 bits per heavy atom. The highest BCUT2D eigenvalue weighted by molar-refractivity contribution is 7.93. The summed E-state index contributed by atoms with van der Waals surface area (Å²) in [6.45, 7) is 1.55. The topological polar surface area (TPSA) is 118 Å². The molecule has 4 N–H and O–H groups in total. The Bertz CT molecular complexity index is 1130. The van der Waals surface area contributed by atoms with Gasteiger partial charge in [-0.25, -0.2) is 22.9 Å². The molecule has 150 valence electrons. The molecule has 0 aliphatic heterocycles. The van der Waals surface area contributed by atoms with Gasteiger partial charge in [-0.05, 0) is 42.7 Å². The first-order valence-corrected chi connectivity index (χ1v) is 10.9. The predicted molar refractivity (Wildman–Crippen MR) is 107 cm³/mol. The average Bonchev–Trinajstić information content (AvgIpc) is 2.90. The van der Waals surface area contributed by atoms with Crippen LogP contribution in [0.25, 0.3) is 16.9 Å². The van der Waals surface area contributed by atoms with Crippen LogP contribution in [0.4, 0.5) is 4.39 Å². The molecule has 1 atom stereocenters. The highest BCUT2D eigenvalue weighted by Gasteiger charge is 2.23. The van der Waals surface area contributed by atoms with Crippen LogP contribution in [0.5, 0.6) is 0 Å². The summed E-state index contributed by atoms with van der Waals surface area (Å²) in [5.41, 5.74) is 1.62. The van der Waals surface area contributed by atoms with Crippen LogP contribution in [0.15, 0.2) is 35.4 Å². The number of hydrogen-bond donors (Lipinski definition) is 3. The molecule has 28 heavy (non-hydrogen) atoms. The van der Waals surface area contributed by atoms with Gasteiger partial charge in [-0.2, -0.15) is 0 Å². The summed E-state index contributed by atoms with van der Waals surface area (Å²) < 4.78 is 48.7. The third-order valence-electron chi connectivity index (χ3n) is 4.21. The van der Waals surface area contributed by atoms with Crippen molar-refractivity contribution < 1.29 is 22.5 Å². The molecule has 7 nitrogen and oxygen atoms in total. The molecule has 2 aromatic heterocycles. The van der Waals surface area contributed by atoms with Crippen molar-refractivity contribution in [2.24, 2.45) is 5.14 Å². The smallest absolute Gasteiger partial charge is 0.238 e. The minimum atomic E-state index is -4.07. The quantitative estimate of drug-likeness (QED) is 0.502. The Morgan fingerprint density at radius 3 is 2.71 bits per heavy atom. The van der Waals surface area contributed by atoms with Gasteiger partial charge in [-0.15, -0.1) is 0 Å². The summed E-state index contributed by atoms with van der Waals surface area (Å²) in [7, 11) is -4.07. The van der Waals surface area contributed by atoms with Crippen LogP contribution in [0.1, 0.15) is 11.3 Å². The maximum absolute atomic E-state index is 14.9. The van der Waals surface area contributed by atoms with Crippen LogP contribution < -0.4 is 5.14 Å². The van der Waals surface area contributed by atoms with Crippen molar-refractivity contribution in [3.8, 4) is 11.3 Å². The first-order valence-electron chi connectivity index (χ1n) is 8.06. The molecule has 11 heteroatoms. The van der Waals surface area contributed by atoms with E-state index in [4.69, 9.17) is 21.3 Å². The number of sulfonamides is 1. The lowest BCUT2D eigenvalue weighted by atomic mass is 10.0. The fourth-order valence-corrected chi connectivity index (χ4v) is 4.06. The van der Waals surface area contributed by atoms with Crippen LogP contribution in [0.3, 0.4) is 0 Å². The van der Waals surface area contributed by atoms with Gasteiger partial charge in [0.1, 0.15) is 11.5 Å². The number of primary sulfonamides is 1. The lowest BCUT2D eigenvalue weighted by Crippen LogP contribution is -2.16. The zero-order chi connectivity index (χ0) is 20.6. The number of rotatable bonds is 6. The van der Waals surface area contributed by atoms with Crippen molar-refractivity contribution in [2.45, 2.75) is 24.3 Å². The summed E-state index contributed by atoms with van der Waals surface area (Å²) in [4.78, 5) is 4.11. The molecule has 3 aromatic rings. The molecule has 0 radical (unpaired) electrons. The molecule has 0 amide bonds. The molecule has 0 fully saturated rings. The lowest BCUT2D eigenvalue weighted by molar-refractivity contribution is 0.197. The fourth-order valence-electron chi connectivity index (χ4n) is 3.01. The van der Waals surface area contributed by atoms with Crippen molar-refractivity contribution in [1.82, 2.24) is 9.38 Å². The number of aliphatic hydroxyl groups excluding tert-OH is 1. The molecular formula is C17H17ClFN3O4S2. The number of imidazole rings is 1. The van der Waals surface area contributed by atoms with Gasteiger partial charge in [0.2, 0.25) is 10.0 Å². The molecule has 0 bridgehead atoms. The SMILES string of the molecule is Cc1cc(S(N)(=O)=O)cc(F)c1-c1nc2cc(Cl)ccn2c1CC(O)CSO. The van der Waals surface area contributed by atoms with E-state index in [9.17, 15) is 17.9 Å². The largest absolute Gasteiger partial charge is 0.392 e. The average molecular weight is 446 g/mol. The van der Waals surface area contributed by atoms with Gasteiger partial charge >= 0.3 is 0 Å². The monoisotopic (exact) mass is 445 g/mol. The Labute approximate surface area is 170 Å². The zero-order valence-electron chi connectivity index (χ0n) is 14.6. The number of pyridine rings is 1. The molecule has 0 aliphatic rings. The molecule has 1 aromatic carbocycles. The highest BCUT2D eigenvalue weighted by atomic mass is 35.5. The van der Waals surface area contributed by atoms with Crippen LogP contribution in [0.2, 0.25) is 5.02 Å². The molecule has 1 unspecified atom stereocenters. The van der Waals surface area contributed by atoms with Gasteiger partial charge < -0.3 is 14.1 Å². The Hall–Kier alpha value is -1.69. The van der Waals surface area contributed by atoms with Crippen molar-refractivity contribution in [1.29, 1.82) is 0 Å². The summed E-state index contributed by atoms with van der Waals surface area (Å²) in [6.07, 6.45) is 0.826. The summed E-state index contributed by atoms with van der Waals surface area (Å²) in [6, 6.07) is 5.34. The van der Waals surface area contributed by atoms with E-state index >= 15 is 0 Å². The van der Waals surface area contributed by atoms with E-state index in [0.29, 0.717) is 34.0 Å². The van der Waals surface area contributed by atoms with Crippen LogP contribution in [-0.4, -0.2) is 39.3 Å². The number of aryl methyl sites for hydroxylation is 1. The van der Waals surface area contributed by atoms with E-state index in [2.05, 4.69) is 4.98 Å². The molecule has 0 aliphatic carbocycles. The number of aromatic nitrogens is 2. The third-order valence-corrected chi connectivity index (χ3v) is 5.87. The molecule has 0 saturated heterocycles. The zero-order valence-corrected chi connectivity index (χ0v) is 17.0. The van der Waals surface area contributed by atoms with E-state index in [1.165, 1.54) is 6.07 Å². The lowest BCUT2D eigenvalue weighted by Gasteiger charge is -2.13. The van der Waals surface area contributed by atoms with E-state index in [1.54, 1.807) is 29.7 Å². The summed E-state index contributed by atoms with van der Waals surface area (Å²) in [5, 5.41) is 15.7. The van der Waals surface area contributed by atoms with E-state index < -0.39 is 21.9 Å². The molecule has 0 spiro atoms. The standard InChI is InChI=1S/C17H17ClFN3O4S2/c1-9-4-12(28(20,25)26)7-13(19)16(9)17-14(6-11(23)8-27-24)22-3-2-10(18)5-15(22)21-17/h2-5,7,11,23-24H,6,8H2,1H3,(H2,20,25,26). The fraction of sp³-hybridized carbons (Fsp3) is 0.235. The highest BCUT2D eigenvalue weighted by Crippen LogP contribution is 2.33. The van der Waals surface area contributed by atoms with Crippen LogP contribution in [0, 0.1) is 12.7 Å². The maximum atomic E-state index is 14.9. The van der Waals surface area contributed by atoms with Gasteiger partial charge in [0.05, 0.1) is 22.4 Å². The molecule has 0 saturated carbocycles. The number of nitrogens with zero attached hydrogens (tertiary/aromatic N) is 2. The molecule has 2 heterocycles. The van der Waals surface area contributed by atoms with Crippen molar-refractivity contribution in [2.75, 3.05) is 5.75 Å². The second-order valence-corrected chi connectivity index (χ2v) is 8.87. The van der Waals surface area contributed by atoms with Gasteiger partial charge in [-0.1, -0.05) is 11.6 Å². The van der Waals surface area contributed by atoms with Crippen LogP contribution >= 0.6 is 23.6 Å². The number of aliphatic hydroxyl groups is 1. The van der Waals surface area contributed by atoms with Crippen molar-refractivity contribution >= 4 is 39.3 Å².